The summed E-state index contributed by atoms with van der Waals surface area (Å²) in [5, 5.41) is 2.46. The first kappa shape index (κ1) is 24.8. The van der Waals surface area contributed by atoms with E-state index in [1.165, 1.54) is 6.08 Å². The van der Waals surface area contributed by atoms with Crippen LogP contribution in [-0.4, -0.2) is 68.6 Å². The van der Waals surface area contributed by atoms with Gasteiger partial charge in [-0.3, -0.25) is 19.8 Å². The van der Waals surface area contributed by atoms with Gasteiger partial charge >= 0.3 is 0 Å². The molecule has 0 radical (unpaired) electrons. The summed E-state index contributed by atoms with van der Waals surface area (Å²) < 4.78 is 16.8. The van der Waals surface area contributed by atoms with Crippen molar-refractivity contribution in [2.75, 3.05) is 40.0 Å². The minimum atomic E-state index is -0.836. The molecule has 0 spiro atoms. The molecule has 2 amide bonds. The Morgan fingerprint density at radius 2 is 1.93 bits per heavy atom. The van der Waals surface area contributed by atoms with Gasteiger partial charge in [-0.2, -0.15) is 0 Å². The van der Waals surface area contributed by atoms with Crippen LogP contribution in [-0.2, 0) is 23.8 Å². The average Bonchev–Trinajstić information content (AvgIpc) is 3.20. The zero-order valence-electron chi connectivity index (χ0n) is 19.2. The van der Waals surface area contributed by atoms with Gasteiger partial charge in [0.25, 0.3) is 5.91 Å². The van der Waals surface area contributed by atoms with E-state index in [1.54, 1.807) is 13.8 Å². The van der Waals surface area contributed by atoms with Crippen LogP contribution in [0.4, 0.5) is 0 Å². The van der Waals surface area contributed by atoms with Crippen LogP contribution in [0.1, 0.15) is 53.4 Å². The Kier molecular flexibility index (Phi) is 8.85. The summed E-state index contributed by atoms with van der Waals surface area (Å²) in [6, 6.07) is 0. The lowest BCUT2D eigenvalue weighted by molar-refractivity contribution is -0.173. The van der Waals surface area contributed by atoms with E-state index in [9.17, 15) is 9.59 Å². The van der Waals surface area contributed by atoms with Gasteiger partial charge in [-0.1, -0.05) is 13.8 Å². The molecule has 8 nitrogen and oxygen atoms in total. The van der Waals surface area contributed by atoms with E-state index in [2.05, 4.69) is 5.32 Å². The number of nitrogens with one attached hydrogen (secondary N) is 1. The number of imide groups is 1. The first-order valence-electron chi connectivity index (χ1n) is 10.9. The third kappa shape index (κ3) is 7.04. The highest BCUT2D eigenvalue weighted by atomic mass is 16.7. The molecule has 2 atom stereocenters. The Hall–Kier alpha value is -1.48. The zero-order chi connectivity index (χ0) is 22.4. The molecule has 2 rings (SSSR count). The van der Waals surface area contributed by atoms with E-state index in [1.807, 2.05) is 25.8 Å². The Morgan fingerprint density at radius 1 is 1.20 bits per heavy atom. The van der Waals surface area contributed by atoms with E-state index in [0.29, 0.717) is 31.4 Å². The molecule has 0 aromatic rings. The topological polar surface area (TPSA) is 103 Å². The van der Waals surface area contributed by atoms with Crippen molar-refractivity contribution in [2.45, 2.75) is 65.2 Å². The quantitative estimate of drug-likeness (QED) is 0.543. The van der Waals surface area contributed by atoms with Crippen LogP contribution in [0.3, 0.4) is 0 Å². The van der Waals surface area contributed by atoms with Crippen LogP contribution in [0.15, 0.2) is 11.8 Å². The molecule has 8 heteroatoms. The summed E-state index contributed by atoms with van der Waals surface area (Å²) in [6.07, 6.45) is 5.05. The lowest BCUT2D eigenvalue weighted by Gasteiger charge is -2.35. The number of nitrogens with two attached hydrogens (primary N) is 1. The number of rotatable bonds is 9. The molecule has 2 aliphatic rings. The maximum absolute atomic E-state index is 12.7. The Morgan fingerprint density at radius 3 is 2.53 bits per heavy atom. The fraction of sp³-hybridized carbons (Fsp3) is 0.818. The minimum Gasteiger partial charge on any atom is -0.401 e. The van der Waals surface area contributed by atoms with Crippen LogP contribution in [0.25, 0.3) is 0 Å². The Balaban J connectivity index is 1.87. The van der Waals surface area contributed by atoms with Crippen molar-refractivity contribution in [3.8, 4) is 0 Å². The highest BCUT2D eigenvalue weighted by molar-refractivity contribution is 6.04. The SMILES string of the molecule is CN(CC1CCOC1)C(C)(C)C(=O)NC(=O)C=C(N)C(C)(C)COC1CCCCO1. The number of nitrogens with zero attached hydrogens (tertiary/aromatic N) is 1. The van der Waals surface area contributed by atoms with Gasteiger partial charge in [0.15, 0.2) is 6.29 Å². The van der Waals surface area contributed by atoms with Crippen molar-refractivity contribution in [1.29, 1.82) is 0 Å². The Labute approximate surface area is 180 Å². The molecule has 30 heavy (non-hydrogen) atoms. The van der Waals surface area contributed by atoms with Crippen LogP contribution in [0.2, 0.25) is 0 Å². The molecule has 2 saturated heterocycles. The molecule has 0 aromatic heterocycles. The molecule has 0 aromatic carbocycles. The molecule has 3 N–H and O–H groups in total. The molecule has 0 aliphatic carbocycles. The van der Waals surface area contributed by atoms with Crippen molar-refractivity contribution < 1.29 is 23.8 Å². The number of carbonyl (C=O) groups is 2. The normalized spacial score (nSPS) is 23.6. The predicted molar refractivity (Wildman–Crippen MR) is 114 cm³/mol. The first-order chi connectivity index (χ1) is 14.0. The molecular formula is C22H39N3O5. The number of likely N-dealkylation sites (N-methyl/N-ethyl adjacent to an activating group) is 1. The van der Waals surface area contributed by atoms with E-state index in [-0.39, 0.29) is 12.2 Å². The fourth-order valence-corrected chi connectivity index (χ4v) is 3.38. The third-order valence-corrected chi connectivity index (χ3v) is 6.14. The average molecular weight is 426 g/mol. The maximum Gasteiger partial charge on any atom is 0.252 e. The molecule has 2 unspecified atom stereocenters. The van der Waals surface area contributed by atoms with Crippen molar-refractivity contribution in [3.05, 3.63) is 11.8 Å². The van der Waals surface area contributed by atoms with Gasteiger partial charge in [0, 0.05) is 36.9 Å². The summed E-state index contributed by atoms with van der Waals surface area (Å²) in [5.41, 5.74) is 5.13. The summed E-state index contributed by atoms with van der Waals surface area (Å²) in [5.74, 6) is -0.477. The largest absolute Gasteiger partial charge is 0.401 e. The van der Waals surface area contributed by atoms with E-state index in [0.717, 1.165) is 38.8 Å². The van der Waals surface area contributed by atoms with Crippen LogP contribution in [0.5, 0.6) is 0 Å². The molecule has 2 aliphatic heterocycles. The first-order valence-corrected chi connectivity index (χ1v) is 10.9. The molecule has 0 bridgehead atoms. The number of amides is 2. The van der Waals surface area contributed by atoms with Crippen LogP contribution < -0.4 is 11.1 Å². The monoisotopic (exact) mass is 425 g/mol. The maximum atomic E-state index is 12.7. The number of ether oxygens (including phenoxy) is 3. The second kappa shape index (κ2) is 10.7. The summed E-state index contributed by atoms with van der Waals surface area (Å²) in [4.78, 5) is 27.1. The van der Waals surface area contributed by atoms with Crippen LogP contribution >= 0.6 is 0 Å². The van der Waals surface area contributed by atoms with Gasteiger partial charge < -0.3 is 19.9 Å². The summed E-state index contributed by atoms with van der Waals surface area (Å²) in [6.45, 7) is 10.7. The minimum absolute atomic E-state index is 0.220. The van der Waals surface area contributed by atoms with Gasteiger partial charge in [-0.25, -0.2) is 0 Å². The van der Waals surface area contributed by atoms with Gasteiger partial charge in [0.1, 0.15) is 0 Å². The second-order valence-corrected chi connectivity index (χ2v) is 9.58. The molecule has 0 saturated carbocycles. The molecule has 2 fully saturated rings. The lowest BCUT2D eigenvalue weighted by Crippen LogP contribution is -2.55. The standard InChI is InChI=1S/C22H39N3O5/c1-21(2,15-30-19-8-6-7-10-29-19)17(23)12-18(26)24-20(27)22(3,4)25(5)13-16-9-11-28-14-16/h12,16,19H,6-11,13-15,23H2,1-5H3,(H,24,26,27). The van der Waals surface area contributed by atoms with Crippen molar-refractivity contribution >= 4 is 11.8 Å². The predicted octanol–water partition coefficient (Wildman–Crippen LogP) is 1.79. The van der Waals surface area contributed by atoms with Gasteiger partial charge in [0.05, 0.1) is 18.8 Å². The van der Waals surface area contributed by atoms with E-state index >= 15 is 0 Å². The smallest absolute Gasteiger partial charge is 0.252 e. The van der Waals surface area contributed by atoms with Crippen molar-refractivity contribution in [2.24, 2.45) is 17.1 Å². The number of carbonyl (C=O) groups excluding carboxylic acids is 2. The molecule has 2 heterocycles. The van der Waals surface area contributed by atoms with Gasteiger partial charge in [-0.15, -0.1) is 0 Å². The highest BCUT2D eigenvalue weighted by Gasteiger charge is 2.35. The number of hydrogen-bond donors (Lipinski definition) is 2. The van der Waals surface area contributed by atoms with E-state index in [4.69, 9.17) is 19.9 Å². The summed E-state index contributed by atoms with van der Waals surface area (Å²) >= 11 is 0. The van der Waals surface area contributed by atoms with Crippen molar-refractivity contribution in [3.63, 3.8) is 0 Å². The third-order valence-electron chi connectivity index (χ3n) is 6.14. The fourth-order valence-electron chi connectivity index (χ4n) is 3.38. The molecular weight excluding hydrogens is 386 g/mol. The second-order valence-electron chi connectivity index (χ2n) is 9.58. The van der Waals surface area contributed by atoms with Crippen LogP contribution in [0, 0.1) is 11.3 Å². The molecule has 172 valence electrons. The lowest BCUT2D eigenvalue weighted by atomic mass is 9.90. The summed E-state index contributed by atoms with van der Waals surface area (Å²) in [7, 11) is 1.89. The number of hydrogen-bond acceptors (Lipinski definition) is 7. The zero-order valence-corrected chi connectivity index (χ0v) is 19.2. The Bertz CT molecular complexity index is 620. The highest BCUT2D eigenvalue weighted by Crippen LogP contribution is 2.25. The van der Waals surface area contributed by atoms with Gasteiger partial charge in [0.2, 0.25) is 5.91 Å². The van der Waals surface area contributed by atoms with Crippen molar-refractivity contribution in [1.82, 2.24) is 10.2 Å². The van der Waals surface area contributed by atoms with Gasteiger partial charge in [-0.05, 0) is 52.5 Å². The van der Waals surface area contributed by atoms with E-state index < -0.39 is 16.9 Å².